The number of amides is 1. The van der Waals surface area contributed by atoms with Crippen LogP contribution in [0.25, 0.3) is 0 Å². The van der Waals surface area contributed by atoms with Crippen molar-refractivity contribution in [2.75, 3.05) is 13.2 Å². The van der Waals surface area contributed by atoms with Gasteiger partial charge in [-0.1, -0.05) is 20.8 Å². The van der Waals surface area contributed by atoms with Crippen LogP contribution in [0.3, 0.4) is 0 Å². The first-order valence-electron chi connectivity index (χ1n) is 7.00. The molecule has 2 atom stereocenters. The molecule has 0 saturated heterocycles. The maximum absolute atomic E-state index is 11.4. The van der Waals surface area contributed by atoms with Crippen LogP contribution in [0.2, 0.25) is 0 Å². The molecule has 0 aromatic rings. The Morgan fingerprint density at radius 1 is 1.33 bits per heavy atom. The number of hydrogen-bond donors (Lipinski definition) is 2. The van der Waals surface area contributed by atoms with Crippen LogP contribution in [-0.2, 0) is 9.53 Å². The number of likely N-dealkylation sites (N-methyl/N-ethyl adjacent to an activating group) is 1. The van der Waals surface area contributed by atoms with Gasteiger partial charge in [-0.2, -0.15) is 0 Å². The lowest BCUT2D eigenvalue weighted by molar-refractivity contribution is -0.124. The molecule has 0 aliphatic rings. The summed E-state index contributed by atoms with van der Waals surface area (Å²) in [5.74, 6) is 0.267. The third kappa shape index (κ3) is 6.36. The van der Waals surface area contributed by atoms with Crippen LogP contribution in [0.15, 0.2) is 0 Å². The summed E-state index contributed by atoms with van der Waals surface area (Å²) in [6.45, 7) is 11.8. The molecule has 0 heterocycles. The highest BCUT2D eigenvalue weighted by atomic mass is 16.5. The lowest BCUT2D eigenvalue weighted by Crippen LogP contribution is -2.53. The lowest BCUT2D eigenvalue weighted by Gasteiger charge is -2.27. The molecule has 0 fully saturated rings. The summed E-state index contributed by atoms with van der Waals surface area (Å²) in [6.07, 6.45) is 2.96. The summed E-state index contributed by atoms with van der Waals surface area (Å²) in [4.78, 5) is 11.4. The molecule has 2 unspecified atom stereocenters. The van der Waals surface area contributed by atoms with Crippen molar-refractivity contribution in [3.8, 4) is 0 Å². The first-order valence-corrected chi connectivity index (χ1v) is 7.00. The monoisotopic (exact) mass is 258 g/mol. The lowest BCUT2D eigenvalue weighted by atomic mass is 9.94. The van der Waals surface area contributed by atoms with Gasteiger partial charge in [-0.15, -0.1) is 0 Å². The van der Waals surface area contributed by atoms with Gasteiger partial charge in [0.2, 0.25) is 5.91 Å². The van der Waals surface area contributed by atoms with E-state index in [0.29, 0.717) is 12.0 Å². The summed E-state index contributed by atoms with van der Waals surface area (Å²) in [5.41, 5.74) is 4.84. The Hall–Kier alpha value is -0.610. The van der Waals surface area contributed by atoms with E-state index in [1.807, 2.05) is 13.8 Å². The summed E-state index contributed by atoms with van der Waals surface area (Å²) in [6, 6.07) is 0. The fourth-order valence-electron chi connectivity index (χ4n) is 1.73. The molecule has 3 N–H and O–H groups in total. The van der Waals surface area contributed by atoms with E-state index in [0.717, 1.165) is 32.4 Å². The average Bonchev–Trinajstić information content (AvgIpc) is 2.28. The predicted molar refractivity (Wildman–Crippen MR) is 75.4 cm³/mol. The number of carbonyl (C=O) groups is 1. The molecular formula is C14H30N2O2. The molecule has 0 radical (unpaired) electrons. The summed E-state index contributed by atoms with van der Waals surface area (Å²) in [7, 11) is 0. The van der Waals surface area contributed by atoms with Crippen LogP contribution < -0.4 is 11.1 Å². The molecule has 18 heavy (non-hydrogen) atoms. The topological polar surface area (TPSA) is 64.3 Å². The Labute approximate surface area is 112 Å². The van der Waals surface area contributed by atoms with Gasteiger partial charge < -0.3 is 15.8 Å². The van der Waals surface area contributed by atoms with E-state index in [-0.39, 0.29) is 5.91 Å². The molecule has 0 aliphatic carbocycles. The second kappa shape index (κ2) is 8.48. The van der Waals surface area contributed by atoms with E-state index >= 15 is 0 Å². The minimum atomic E-state index is -0.585. The molecule has 4 heteroatoms. The van der Waals surface area contributed by atoms with Crippen molar-refractivity contribution in [1.29, 1.82) is 0 Å². The van der Waals surface area contributed by atoms with Gasteiger partial charge in [-0.25, -0.2) is 0 Å². The quantitative estimate of drug-likeness (QED) is 0.590. The molecule has 4 nitrogen and oxygen atoms in total. The van der Waals surface area contributed by atoms with Crippen LogP contribution in [0.4, 0.5) is 0 Å². The van der Waals surface area contributed by atoms with Crippen LogP contribution in [-0.4, -0.2) is 30.7 Å². The third-order valence-corrected chi connectivity index (χ3v) is 3.50. The van der Waals surface area contributed by atoms with Crippen molar-refractivity contribution in [3.05, 3.63) is 0 Å². The van der Waals surface area contributed by atoms with Crippen molar-refractivity contribution in [1.82, 2.24) is 5.32 Å². The van der Waals surface area contributed by atoms with Crippen LogP contribution in [0.5, 0.6) is 0 Å². The molecule has 0 spiro atoms. The maximum Gasteiger partial charge on any atom is 0.237 e. The van der Waals surface area contributed by atoms with E-state index in [2.05, 4.69) is 26.1 Å². The average molecular weight is 258 g/mol. The second-order valence-corrected chi connectivity index (χ2v) is 5.50. The number of hydrogen-bond acceptors (Lipinski definition) is 3. The standard InChI is InChI=1S/C14H30N2O2/c1-6-16-14(5,13(15)17)9-7-8-10-18-12(4)11(2)3/h11-12,16H,6-10H2,1-5H3,(H2,15,17). The largest absolute Gasteiger partial charge is 0.378 e. The Bertz CT molecular complexity index is 244. The number of nitrogens with one attached hydrogen (secondary N) is 1. The van der Waals surface area contributed by atoms with Gasteiger partial charge >= 0.3 is 0 Å². The summed E-state index contributed by atoms with van der Waals surface area (Å²) in [5, 5.41) is 3.16. The number of rotatable bonds is 10. The Morgan fingerprint density at radius 2 is 1.94 bits per heavy atom. The molecule has 0 bridgehead atoms. The van der Waals surface area contributed by atoms with Crippen LogP contribution in [0.1, 0.15) is 53.9 Å². The molecule has 0 aromatic carbocycles. The molecular weight excluding hydrogens is 228 g/mol. The zero-order valence-corrected chi connectivity index (χ0v) is 12.6. The second-order valence-electron chi connectivity index (χ2n) is 5.50. The van der Waals surface area contributed by atoms with Crippen molar-refractivity contribution in [2.45, 2.75) is 65.5 Å². The van der Waals surface area contributed by atoms with E-state index in [1.165, 1.54) is 0 Å². The van der Waals surface area contributed by atoms with Crippen molar-refractivity contribution < 1.29 is 9.53 Å². The fourth-order valence-corrected chi connectivity index (χ4v) is 1.73. The van der Waals surface area contributed by atoms with Crippen molar-refractivity contribution in [2.24, 2.45) is 11.7 Å². The number of unbranched alkanes of at least 4 members (excludes halogenated alkanes) is 1. The Morgan fingerprint density at radius 3 is 2.39 bits per heavy atom. The van der Waals surface area contributed by atoms with E-state index in [9.17, 15) is 4.79 Å². The number of primary amides is 1. The predicted octanol–water partition coefficient (Wildman–Crippen LogP) is 2.07. The first-order chi connectivity index (χ1) is 8.33. The Kier molecular flexibility index (Phi) is 8.20. The molecule has 0 aliphatic heterocycles. The van der Waals surface area contributed by atoms with Gasteiger partial charge in [-0.3, -0.25) is 4.79 Å². The van der Waals surface area contributed by atoms with Crippen LogP contribution in [0, 0.1) is 5.92 Å². The number of carbonyl (C=O) groups excluding carboxylic acids is 1. The SMILES string of the molecule is CCNC(C)(CCCCOC(C)C(C)C)C(N)=O. The van der Waals surface area contributed by atoms with Gasteiger partial charge in [0, 0.05) is 6.61 Å². The minimum Gasteiger partial charge on any atom is -0.378 e. The summed E-state index contributed by atoms with van der Waals surface area (Å²) >= 11 is 0. The smallest absolute Gasteiger partial charge is 0.237 e. The van der Waals surface area contributed by atoms with Crippen LogP contribution >= 0.6 is 0 Å². The zero-order chi connectivity index (χ0) is 14.2. The van der Waals surface area contributed by atoms with Gasteiger partial charge in [0.15, 0.2) is 0 Å². The zero-order valence-electron chi connectivity index (χ0n) is 12.6. The van der Waals surface area contributed by atoms with Crippen molar-refractivity contribution in [3.63, 3.8) is 0 Å². The van der Waals surface area contributed by atoms with Crippen molar-refractivity contribution >= 4 is 5.91 Å². The molecule has 1 amide bonds. The van der Waals surface area contributed by atoms with Gasteiger partial charge in [0.05, 0.1) is 11.6 Å². The van der Waals surface area contributed by atoms with E-state index in [4.69, 9.17) is 10.5 Å². The normalized spacial score (nSPS) is 16.6. The Balaban J connectivity index is 3.85. The number of ether oxygens (including phenoxy) is 1. The highest BCUT2D eigenvalue weighted by Gasteiger charge is 2.28. The minimum absolute atomic E-state index is 0.277. The summed E-state index contributed by atoms with van der Waals surface area (Å²) < 4.78 is 5.70. The number of nitrogens with two attached hydrogens (primary N) is 1. The molecule has 0 rings (SSSR count). The molecule has 0 aromatic heterocycles. The third-order valence-electron chi connectivity index (χ3n) is 3.50. The highest BCUT2D eigenvalue weighted by Crippen LogP contribution is 2.14. The van der Waals surface area contributed by atoms with Gasteiger partial charge in [0.25, 0.3) is 0 Å². The maximum atomic E-state index is 11.4. The molecule has 108 valence electrons. The van der Waals surface area contributed by atoms with Gasteiger partial charge in [-0.05, 0) is 45.6 Å². The molecule has 0 saturated carbocycles. The van der Waals surface area contributed by atoms with E-state index < -0.39 is 5.54 Å². The van der Waals surface area contributed by atoms with E-state index in [1.54, 1.807) is 0 Å². The van der Waals surface area contributed by atoms with Gasteiger partial charge in [0.1, 0.15) is 0 Å². The highest BCUT2D eigenvalue weighted by molar-refractivity contribution is 5.84. The first kappa shape index (κ1) is 17.4. The fraction of sp³-hybridized carbons (Fsp3) is 0.929.